The summed E-state index contributed by atoms with van der Waals surface area (Å²) < 4.78 is 11.8. The minimum absolute atomic E-state index is 0.275. The highest BCUT2D eigenvalue weighted by Crippen LogP contribution is 2.36. The number of phenolic OH excluding ortho intramolecular Hbond substituents is 2. The smallest absolute Gasteiger partial charge is 0.168 e. The topological polar surface area (TPSA) is 58.9 Å². The third-order valence-corrected chi connectivity index (χ3v) is 7.37. The molecule has 0 aliphatic heterocycles. The predicted molar refractivity (Wildman–Crippen MR) is 150 cm³/mol. The molecule has 4 rings (SSSR count). The molecular formula is C33H36O4. The van der Waals surface area contributed by atoms with Crippen molar-refractivity contribution in [3.05, 3.63) is 107 Å². The van der Waals surface area contributed by atoms with Crippen LogP contribution in [0.1, 0.15) is 35.1 Å². The van der Waals surface area contributed by atoms with Gasteiger partial charge >= 0.3 is 0 Å². The van der Waals surface area contributed by atoms with Crippen LogP contribution in [0.15, 0.2) is 84.9 Å². The number of hydrogen-bond acceptors (Lipinski definition) is 4. The maximum absolute atomic E-state index is 10.7. The van der Waals surface area contributed by atoms with E-state index in [1.54, 1.807) is 14.2 Å². The van der Waals surface area contributed by atoms with E-state index in [4.69, 9.17) is 9.47 Å². The van der Waals surface area contributed by atoms with Crippen molar-refractivity contribution in [2.75, 3.05) is 14.2 Å². The summed E-state index contributed by atoms with van der Waals surface area (Å²) >= 11 is 0. The molecule has 4 nitrogen and oxygen atoms in total. The average molecular weight is 497 g/mol. The lowest BCUT2D eigenvalue weighted by molar-refractivity contribution is -0.214. The molecule has 37 heavy (non-hydrogen) atoms. The fourth-order valence-corrected chi connectivity index (χ4v) is 4.98. The highest BCUT2D eigenvalue weighted by molar-refractivity contribution is 5.72. The predicted octanol–water partition coefficient (Wildman–Crippen LogP) is 7.60. The Bertz CT molecular complexity index is 1220. The van der Waals surface area contributed by atoms with Gasteiger partial charge in [0.1, 0.15) is 11.5 Å². The Labute approximate surface area is 220 Å². The van der Waals surface area contributed by atoms with Crippen LogP contribution in [0.5, 0.6) is 11.5 Å². The van der Waals surface area contributed by atoms with Gasteiger partial charge in [0.25, 0.3) is 0 Å². The molecule has 0 saturated heterocycles. The third-order valence-electron chi connectivity index (χ3n) is 7.37. The van der Waals surface area contributed by atoms with Crippen molar-refractivity contribution in [1.29, 1.82) is 0 Å². The second-order valence-corrected chi connectivity index (χ2v) is 9.64. The second-order valence-electron chi connectivity index (χ2n) is 9.64. The van der Waals surface area contributed by atoms with Crippen LogP contribution in [0.25, 0.3) is 22.3 Å². The van der Waals surface area contributed by atoms with Gasteiger partial charge in [0.15, 0.2) is 5.79 Å². The van der Waals surface area contributed by atoms with Gasteiger partial charge in [-0.25, -0.2) is 0 Å². The van der Waals surface area contributed by atoms with Gasteiger partial charge in [-0.3, -0.25) is 0 Å². The van der Waals surface area contributed by atoms with Crippen LogP contribution in [-0.2, 0) is 22.3 Å². The molecule has 0 radical (unpaired) electrons. The Kier molecular flexibility index (Phi) is 8.32. The number of methoxy groups -OCH3 is 2. The van der Waals surface area contributed by atoms with E-state index in [1.165, 1.54) is 0 Å². The molecular weight excluding hydrogens is 460 g/mol. The normalized spacial score (nSPS) is 11.6. The van der Waals surface area contributed by atoms with Crippen molar-refractivity contribution in [2.24, 2.45) is 0 Å². The van der Waals surface area contributed by atoms with Gasteiger partial charge in [0.2, 0.25) is 0 Å². The van der Waals surface area contributed by atoms with Crippen LogP contribution in [0.4, 0.5) is 0 Å². The van der Waals surface area contributed by atoms with Gasteiger partial charge in [-0.15, -0.1) is 0 Å². The Hall–Kier alpha value is -3.60. The van der Waals surface area contributed by atoms with Crippen molar-refractivity contribution >= 4 is 0 Å². The zero-order valence-corrected chi connectivity index (χ0v) is 22.1. The van der Waals surface area contributed by atoms with Crippen LogP contribution in [0.2, 0.25) is 0 Å². The number of ether oxygens (including phenoxy) is 2. The summed E-state index contributed by atoms with van der Waals surface area (Å²) in [7, 11) is 3.35. The van der Waals surface area contributed by atoms with Crippen molar-refractivity contribution in [1.82, 2.24) is 0 Å². The summed E-state index contributed by atoms with van der Waals surface area (Å²) in [5, 5.41) is 21.5. The van der Waals surface area contributed by atoms with E-state index in [0.29, 0.717) is 25.7 Å². The third kappa shape index (κ3) is 6.04. The van der Waals surface area contributed by atoms with E-state index in [0.717, 1.165) is 44.5 Å². The summed E-state index contributed by atoms with van der Waals surface area (Å²) in [6.45, 7) is 4.14. The molecule has 4 aromatic carbocycles. The molecule has 192 valence electrons. The molecule has 0 aliphatic carbocycles. The van der Waals surface area contributed by atoms with E-state index in [2.05, 4.69) is 13.8 Å². The van der Waals surface area contributed by atoms with Crippen LogP contribution in [-0.4, -0.2) is 30.2 Å². The Balaban J connectivity index is 1.48. The lowest BCUT2D eigenvalue weighted by Crippen LogP contribution is -2.35. The van der Waals surface area contributed by atoms with E-state index >= 15 is 0 Å². The Morgan fingerprint density at radius 3 is 1.32 bits per heavy atom. The molecule has 0 saturated carbocycles. The summed E-state index contributed by atoms with van der Waals surface area (Å²) in [6.07, 6.45) is 2.68. The minimum atomic E-state index is -0.777. The molecule has 0 aliphatic rings. The number of benzene rings is 4. The lowest BCUT2D eigenvalue weighted by atomic mass is 9.91. The van der Waals surface area contributed by atoms with E-state index in [-0.39, 0.29) is 11.5 Å². The van der Waals surface area contributed by atoms with Crippen molar-refractivity contribution in [3.8, 4) is 33.8 Å². The highest BCUT2D eigenvalue weighted by Gasteiger charge is 2.30. The number of aryl methyl sites for hydroxylation is 4. The molecule has 0 amide bonds. The number of rotatable bonds is 10. The van der Waals surface area contributed by atoms with Gasteiger partial charge in [-0.05, 0) is 84.3 Å². The summed E-state index contributed by atoms with van der Waals surface area (Å²) in [6, 6.07) is 27.6. The van der Waals surface area contributed by atoms with Crippen molar-refractivity contribution in [3.63, 3.8) is 0 Å². The van der Waals surface area contributed by atoms with Crippen LogP contribution in [0.3, 0.4) is 0 Å². The SMILES string of the molecule is COC(CCc1cc(O)c(-c2ccccc2)cc1C)(CCc1cc(O)c(-c2ccccc2)cc1C)OC. The first-order valence-electron chi connectivity index (χ1n) is 12.7. The first-order valence-corrected chi connectivity index (χ1v) is 12.7. The quantitative estimate of drug-likeness (QED) is 0.222. The maximum Gasteiger partial charge on any atom is 0.168 e. The van der Waals surface area contributed by atoms with Crippen LogP contribution in [0, 0.1) is 13.8 Å². The van der Waals surface area contributed by atoms with E-state index in [1.807, 2.05) is 84.9 Å². The second kappa shape index (κ2) is 11.6. The van der Waals surface area contributed by atoms with Crippen LogP contribution >= 0.6 is 0 Å². The van der Waals surface area contributed by atoms with Crippen LogP contribution < -0.4 is 0 Å². The molecule has 0 aromatic heterocycles. The van der Waals surface area contributed by atoms with E-state index < -0.39 is 5.79 Å². The zero-order chi connectivity index (χ0) is 26.4. The van der Waals surface area contributed by atoms with E-state index in [9.17, 15) is 10.2 Å². The summed E-state index contributed by atoms with van der Waals surface area (Å²) in [5.74, 6) is -0.228. The molecule has 0 heterocycles. The maximum atomic E-state index is 10.7. The highest BCUT2D eigenvalue weighted by atomic mass is 16.7. The molecule has 4 heteroatoms. The number of hydrogen-bond donors (Lipinski definition) is 2. The molecule has 0 atom stereocenters. The number of aromatic hydroxyl groups is 2. The first-order chi connectivity index (χ1) is 17.9. The molecule has 0 fully saturated rings. The van der Waals surface area contributed by atoms with Gasteiger partial charge in [0.05, 0.1) is 0 Å². The standard InChI is InChI=1S/C33H36O4/c1-23-19-29(25-11-7-5-8-12-25)31(34)21-27(23)15-17-33(36-3,37-4)18-16-28-22-32(35)30(20-24(28)2)26-13-9-6-10-14-26/h5-14,19-22,34-35H,15-18H2,1-4H3. The fraction of sp³-hybridized carbons (Fsp3) is 0.273. The zero-order valence-electron chi connectivity index (χ0n) is 22.1. The molecule has 0 spiro atoms. The fourth-order valence-electron chi connectivity index (χ4n) is 4.98. The summed E-state index contributed by atoms with van der Waals surface area (Å²) in [5.41, 5.74) is 8.03. The molecule has 0 bridgehead atoms. The average Bonchev–Trinajstić information content (AvgIpc) is 2.93. The lowest BCUT2D eigenvalue weighted by Gasteiger charge is -2.32. The monoisotopic (exact) mass is 496 g/mol. The largest absolute Gasteiger partial charge is 0.507 e. The number of phenols is 2. The van der Waals surface area contributed by atoms with Gasteiger partial charge in [0, 0.05) is 38.2 Å². The molecule has 0 unspecified atom stereocenters. The minimum Gasteiger partial charge on any atom is -0.507 e. The molecule has 2 N–H and O–H groups in total. The van der Waals surface area contributed by atoms with Gasteiger partial charge < -0.3 is 19.7 Å². The van der Waals surface area contributed by atoms with Crippen molar-refractivity contribution < 1.29 is 19.7 Å². The first kappa shape index (κ1) is 26.5. The summed E-state index contributed by atoms with van der Waals surface area (Å²) in [4.78, 5) is 0. The Morgan fingerprint density at radius 1 is 0.595 bits per heavy atom. The Morgan fingerprint density at radius 2 is 0.973 bits per heavy atom. The van der Waals surface area contributed by atoms with Crippen molar-refractivity contribution in [2.45, 2.75) is 45.3 Å². The molecule has 4 aromatic rings. The van der Waals surface area contributed by atoms with Gasteiger partial charge in [-0.1, -0.05) is 60.7 Å². The van der Waals surface area contributed by atoms with Gasteiger partial charge in [-0.2, -0.15) is 0 Å².